The topological polar surface area (TPSA) is 49.4 Å². The van der Waals surface area contributed by atoms with Crippen LogP contribution in [0.1, 0.15) is 18.0 Å². The minimum Gasteiger partial charge on any atom is -0.374 e. The molecule has 0 aromatic heterocycles. The van der Waals surface area contributed by atoms with Crippen molar-refractivity contribution in [2.45, 2.75) is 17.4 Å². The molecule has 0 amide bonds. The average molecular weight is 337 g/mol. The monoisotopic (exact) mass is 336 g/mol. The van der Waals surface area contributed by atoms with Crippen LogP contribution in [0.3, 0.4) is 0 Å². The third-order valence-electron chi connectivity index (χ3n) is 3.88. The van der Waals surface area contributed by atoms with Gasteiger partial charge in [0.05, 0.1) is 10.9 Å². The van der Waals surface area contributed by atoms with Gasteiger partial charge in [-0.15, -0.1) is 0 Å². The van der Waals surface area contributed by atoms with Crippen molar-refractivity contribution in [3.05, 3.63) is 59.1 Å². The highest BCUT2D eigenvalue weighted by Crippen LogP contribution is 2.33. The van der Waals surface area contributed by atoms with Gasteiger partial charge in [0.1, 0.15) is 0 Å². The Morgan fingerprint density at radius 3 is 2.73 bits per heavy atom. The molecule has 3 rings (SSSR count). The van der Waals surface area contributed by atoms with Crippen molar-refractivity contribution in [2.75, 3.05) is 18.5 Å². The molecule has 1 atom stereocenters. The largest absolute Gasteiger partial charge is 0.374 e. The minimum absolute atomic E-state index is 0.191. The molecule has 4 nitrogen and oxygen atoms in total. The fourth-order valence-corrected chi connectivity index (χ4v) is 4.29. The van der Waals surface area contributed by atoms with E-state index in [1.54, 1.807) is 18.2 Å². The molecule has 1 unspecified atom stereocenters. The van der Waals surface area contributed by atoms with Gasteiger partial charge in [-0.05, 0) is 36.2 Å². The van der Waals surface area contributed by atoms with E-state index >= 15 is 0 Å². The van der Waals surface area contributed by atoms with Crippen LogP contribution < -0.4 is 9.62 Å². The van der Waals surface area contributed by atoms with E-state index in [0.29, 0.717) is 5.02 Å². The molecule has 1 aliphatic rings. The Balaban J connectivity index is 1.92. The number of para-hydroxylation sites is 1. The molecule has 116 valence electrons. The van der Waals surface area contributed by atoms with E-state index < -0.39 is 10.0 Å². The first-order valence-corrected chi connectivity index (χ1v) is 8.91. The molecule has 2 aromatic carbocycles. The molecule has 0 fully saturated rings. The van der Waals surface area contributed by atoms with Crippen LogP contribution in [0.25, 0.3) is 0 Å². The Morgan fingerprint density at radius 1 is 1.18 bits per heavy atom. The van der Waals surface area contributed by atoms with Gasteiger partial charge >= 0.3 is 0 Å². The number of rotatable bonds is 3. The Bertz CT molecular complexity index is 792. The van der Waals surface area contributed by atoms with E-state index in [2.05, 4.69) is 9.62 Å². The smallest absolute Gasteiger partial charge is 0.241 e. The zero-order valence-electron chi connectivity index (χ0n) is 12.2. The van der Waals surface area contributed by atoms with E-state index in [-0.39, 0.29) is 10.9 Å². The van der Waals surface area contributed by atoms with Gasteiger partial charge in [0.15, 0.2) is 0 Å². The van der Waals surface area contributed by atoms with Crippen LogP contribution in [0.15, 0.2) is 53.4 Å². The summed E-state index contributed by atoms with van der Waals surface area (Å²) >= 11 is 5.89. The number of benzene rings is 2. The fourth-order valence-electron chi connectivity index (χ4n) is 2.74. The van der Waals surface area contributed by atoms with Gasteiger partial charge in [0.2, 0.25) is 10.0 Å². The van der Waals surface area contributed by atoms with Gasteiger partial charge in [-0.3, -0.25) is 0 Å². The van der Waals surface area contributed by atoms with Gasteiger partial charge in [-0.1, -0.05) is 35.9 Å². The van der Waals surface area contributed by atoms with Crippen LogP contribution in [0.2, 0.25) is 5.02 Å². The number of hydrogen-bond acceptors (Lipinski definition) is 3. The predicted molar refractivity (Wildman–Crippen MR) is 88.8 cm³/mol. The van der Waals surface area contributed by atoms with Crippen molar-refractivity contribution in [2.24, 2.45) is 0 Å². The maximum absolute atomic E-state index is 12.6. The summed E-state index contributed by atoms with van der Waals surface area (Å²) in [6.07, 6.45) is 0.729. The number of nitrogens with zero attached hydrogens (tertiary/aromatic N) is 1. The zero-order chi connectivity index (χ0) is 15.7. The Kier molecular flexibility index (Phi) is 4.12. The summed E-state index contributed by atoms with van der Waals surface area (Å²) in [5, 5.41) is 0.409. The van der Waals surface area contributed by atoms with Crippen molar-refractivity contribution in [1.82, 2.24) is 4.72 Å². The third-order valence-corrected chi connectivity index (χ3v) is 5.58. The molecule has 0 radical (unpaired) electrons. The predicted octanol–water partition coefficient (Wildman–Crippen LogP) is 3.20. The molecular weight excluding hydrogens is 320 g/mol. The Morgan fingerprint density at radius 2 is 1.95 bits per heavy atom. The van der Waals surface area contributed by atoms with Gasteiger partial charge < -0.3 is 4.90 Å². The molecule has 6 heteroatoms. The first kappa shape index (κ1) is 15.3. The number of anilines is 1. The molecule has 22 heavy (non-hydrogen) atoms. The number of halogens is 1. The normalized spacial score (nSPS) is 18.1. The maximum atomic E-state index is 12.6. The molecule has 0 aliphatic carbocycles. The highest BCUT2D eigenvalue weighted by atomic mass is 35.5. The van der Waals surface area contributed by atoms with Crippen LogP contribution in [0.4, 0.5) is 5.69 Å². The van der Waals surface area contributed by atoms with Gasteiger partial charge in [0.25, 0.3) is 0 Å². The van der Waals surface area contributed by atoms with E-state index in [4.69, 9.17) is 11.6 Å². The lowest BCUT2D eigenvalue weighted by Crippen LogP contribution is -2.36. The Labute approximate surface area is 135 Å². The molecular formula is C16H17ClN2O2S. The van der Waals surface area contributed by atoms with Crippen molar-refractivity contribution >= 4 is 27.3 Å². The van der Waals surface area contributed by atoms with E-state index in [9.17, 15) is 8.42 Å². The fraction of sp³-hybridized carbons (Fsp3) is 0.250. The van der Waals surface area contributed by atoms with E-state index in [0.717, 1.165) is 24.2 Å². The van der Waals surface area contributed by atoms with E-state index in [1.807, 2.05) is 31.3 Å². The maximum Gasteiger partial charge on any atom is 0.241 e. The lowest BCUT2D eigenvalue weighted by Gasteiger charge is -2.33. The second-order valence-electron chi connectivity index (χ2n) is 5.40. The van der Waals surface area contributed by atoms with Crippen molar-refractivity contribution < 1.29 is 8.42 Å². The highest BCUT2D eigenvalue weighted by Gasteiger charge is 2.27. The summed E-state index contributed by atoms with van der Waals surface area (Å²) in [6, 6.07) is 14.0. The molecule has 0 spiro atoms. The van der Waals surface area contributed by atoms with Gasteiger partial charge in [-0.2, -0.15) is 0 Å². The highest BCUT2D eigenvalue weighted by molar-refractivity contribution is 7.89. The van der Waals surface area contributed by atoms with Crippen molar-refractivity contribution in [3.8, 4) is 0 Å². The summed E-state index contributed by atoms with van der Waals surface area (Å²) in [5.41, 5.74) is 2.06. The summed E-state index contributed by atoms with van der Waals surface area (Å²) in [6.45, 7) is 0.805. The number of hydrogen-bond donors (Lipinski definition) is 1. The third kappa shape index (κ3) is 2.97. The van der Waals surface area contributed by atoms with Crippen molar-refractivity contribution in [1.29, 1.82) is 0 Å². The lowest BCUT2D eigenvalue weighted by molar-refractivity contribution is 0.529. The van der Waals surface area contributed by atoms with E-state index in [1.165, 1.54) is 6.07 Å². The summed E-state index contributed by atoms with van der Waals surface area (Å²) in [4.78, 5) is 2.33. The quantitative estimate of drug-likeness (QED) is 0.936. The second kappa shape index (κ2) is 5.91. The zero-order valence-corrected chi connectivity index (χ0v) is 13.7. The average Bonchev–Trinajstić information content (AvgIpc) is 2.50. The first-order valence-electron chi connectivity index (χ1n) is 7.05. The standard InChI is InChI=1S/C16H17ClN2O2S/c1-19-10-9-15(14-7-2-3-8-16(14)19)18-22(20,21)13-6-4-5-12(17)11-13/h2-8,11,15,18H,9-10H2,1H3. The van der Waals surface area contributed by atoms with Crippen LogP contribution >= 0.6 is 11.6 Å². The van der Waals surface area contributed by atoms with Crippen molar-refractivity contribution in [3.63, 3.8) is 0 Å². The first-order chi connectivity index (χ1) is 10.5. The molecule has 2 aromatic rings. The summed E-state index contributed by atoms with van der Waals surface area (Å²) in [7, 11) is -1.58. The Hall–Kier alpha value is -1.56. The molecule has 0 saturated heterocycles. The van der Waals surface area contributed by atoms with Gasteiger partial charge in [-0.25, -0.2) is 13.1 Å². The summed E-state index contributed by atoms with van der Waals surface area (Å²) in [5.74, 6) is 0. The number of sulfonamides is 1. The molecule has 0 saturated carbocycles. The second-order valence-corrected chi connectivity index (χ2v) is 7.55. The minimum atomic E-state index is -3.60. The molecule has 0 bridgehead atoms. The number of nitrogens with one attached hydrogen (secondary N) is 1. The van der Waals surface area contributed by atoms with Crippen LogP contribution in [0.5, 0.6) is 0 Å². The lowest BCUT2D eigenvalue weighted by atomic mass is 9.98. The van der Waals surface area contributed by atoms with Gasteiger partial charge in [0, 0.05) is 24.3 Å². The van der Waals surface area contributed by atoms with Crippen LogP contribution in [-0.2, 0) is 10.0 Å². The van der Waals surface area contributed by atoms with Crippen LogP contribution in [-0.4, -0.2) is 22.0 Å². The molecule has 1 N–H and O–H groups in total. The SMILES string of the molecule is CN1CCC(NS(=O)(=O)c2cccc(Cl)c2)c2ccccc21. The molecule has 1 aliphatic heterocycles. The molecule has 1 heterocycles. The summed E-state index contributed by atoms with van der Waals surface area (Å²) < 4.78 is 27.9. The van der Waals surface area contributed by atoms with Crippen LogP contribution in [0, 0.1) is 0 Å². The number of fused-ring (bicyclic) bond motifs is 1.